The van der Waals surface area contributed by atoms with Crippen molar-refractivity contribution in [3.63, 3.8) is 0 Å². The molecule has 0 aliphatic carbocycles. The van der Waals surface area contributed by atoms with Crippen molar-refractivity contribution >= 4 is 17.2 Å². The summed E-state index contributed by atoms with van der Waals surface area (Å²) in [7, 11) is 2.65. The Morgan fingerprint density at radius 2 is 1.97 bits per heavy atom. The van der Waals surface area contributed by atoms with Gasteiger partial charge in [-0.2, -0.15) is 0 Å². The highest BCUT2D eigenvalue weighted by Crippen LogP contribution is 2.41. The van der Waals surface area contributed by atoms with Crippen LogP contribution in [-0.2, 0) is 14.3 Å². The Hall–Kier alpha value is -2.50. The Labute approximate surface area is 171 Å². The molecule has 1 aliphatic heterocycles. The second-order valence-corrected chi connectivity index (χ2v) is 7.37. The molecule has 1 aromatic heterocycles. The second kappa shape index (κ2) is 8.32. The number of aliphatic hydroxyl groups excluding tert-OH is 3. The van der Waals surface area contributed by atoms with Crippen LogP contribution in [0.5, 0.6) is 5.75 Å². The highest BCUT2D eigenvalue weighted by atomic mass is 16.6. The number of aryl methyl sites for hydroxylation is 1. The van der Waals surface area contributed by atoms with Crippen molar-refractivity contribution in [3.8, 4) is 5.75 Å². The Balaban J connectivity index is 2.14. The first-order valence-corrected chi connectivity index (χ1v) is 9.23. The first-order chi connectivity index (χ1) is 14.2. The third-order valence-corrected chi connectivity index (χ3v) is 5.50. The van der Waals surface area contributed by atoms with Gasteiger partial charge in [-0.1, -0.05) is 11.2 Å². The van der Waals surface area contributed by atoms with Crippen LogP contribution in [-0.4, -0.2) is 71.4 Å². The molecule has 1 saturated heterocycles. The SMILES string of the molecule is CON=Cc1c(O)c2ccc([C@@H]3O[C@](C)(CO)[C@H](OC)[C@H](O)[C@H]3O)c(C)c2oc1=O. The molecular weight excluding hydrogens is 398 g/mol. The minimum atomic E-state index is -1.38. The van der Waals surface area contributed by atoms with Crippen molar-refractivity contribution in [2.45, 2.75) is 43.9 Å². The Kier molecular flexibility index (Phi) is 6.16. The van der Waals surface area contributed by atoms with Crippen LogP contribution in [0.25, 0.3) is 11.0 Å². The van der Waals surface area contributed by atoms with Gasteiger partial charge >= 0.3 is 5.63 Å². The number of nitrogens with zero attached hydrogens (tertiary/aromatic N) is 1. The predicted octanol–water partition coefficient (Wildman–Crippen LogP) is 0.346. The maximum Gasteiger partial charge on any atom is 0.349 e. The van der Waals surface area contributed by atoms with Crippen molar-refractivity contribution in [3.05, 3.63) is 39.2 Å². The molecular formula is C20H25NO9. The topological polar surface area (TPSA) is 151 Å². The van der Waals surface area contributed by atoms with Crippen LogP contribution < -0.4 is 5.63 Å². The summed E-state index contributed by atoms with van der Waals surface area (Å²) in [6.45, 7) is 2.73. The van der Waals surface area contributed by atoms with Crippen LogP contribution in [0.4, 0.5) is 0 Å². The molecule has 0 spiro atoms. The molecule has 0 bridgehead atoms. The van der Waals surface area contributed by atoms with E-state index in [-0.39, 0.29) is 22.3 Å². The largest absolute Gasteiger partial charge is 0.506 e. The summed E-state index contributed by atoms with van der Waals surface area (Å²) in [5.41, 5.74) is -1.35. The van der Waals surface area contributed by atoms with Crippen LogP contribution in [0.1, 0.15) is 29.7 Å². The van der Waals surface area contributed by atoms with Gasteiger partial charge in [0.15, 0.2) is 0 Å². The zero-order valence-electron chi connectivity index (χ0n) is 17.0. The van der Waals surface area contributed by atoms with Gasteiger partial charge in [-0.3, -0.25) is 0 Å². The number of rotatable bonds is 5. The first kappa shape index (κ1) is 22.2. The monoisotopic (exact) mass is 423 g/mol. The Morgan fingerprint density at radius 1 is 1.27 bits per heavy atom. The van der Waals surface area contributed by atoms with Crippen LogP contribution in [0.3, 0.4) is 0 Å². The van der Waals surface area contributed by atoms with Crippen molar-refractivity contribution < 1.29 is 39.2 Å². The molecule has 1 fully saturated rings. The summed E-state index contributed by atoms with van der Waals surface area (Å²) in [5, 5.41) is 45.2. The fourth-order valence-corrected chi connectivity index (χ4v) is 3.85. The molecule has 5 atom stereocenters. The standard InChI is InChI=1S/C20H25NO9/c1-9-10(17-14(24)15(25)18(27-3)20(2,8-22)30-17)5-6-11-13(23)12(7-21-28-4)19(26)29-16(9)11/h5-7,14-15,17-18,22-25H,8H2,1-4H3/t14-,15-,17+,18-,20-/m1/s1. The second-order valence-electron chi connectivity index (χ2n) is 7.37. The van der Waals surface area contributed by atoms with Crippen molar-refractivity contribution in [2.24, 2.45) is 5.16 Å². The number of methoxy groups -OCH3 is 1. The molecule has 0 radical (unpaired) electrons. The highest BCUT2D eigenvalue weighted by Gasteiger charge is 2.52. The third kappa shape index (κ3) is 3.46. The predicted molar refractivity (Wildman–Crippen MR) is 106 cm³/mol. The van der Waals surface area contributed by atoms with Gasteiger partial charge in [0.1, 0.15) is 54.0 Å². The van der Waals surface area contributed by atoms with E-state index in [0.29, 0.717) is 11.1 Å². The molecule has 1 aromatic carbocycles. The molecule has 3 rings (SSSR count). The minimum absolute atomic E-state index is 0.0921. The van der Waals surface area contributed by atoms with Crippen LogP contribution in [0, 0.1) is 6.92 Å². The van der Waals surface area contributed by atoms with Crippen molar-refractivity contribution in [2.75, 3.05) is 20.8 Å². The average Bonchev–Trinajstić information content (AvgIpc) is 2.72. The minimum Gasteiger partial charge on any atom is -0.506 e. The van der Waals surface area contributed by atoms with Gasteiger partial charge in [0.25, 0.3) is 0 Å². The molecule has 164 valence electrons. The molecule has 0 saturated carbocycles. The lowest BCUT2D eigenvalue weighted by Gasteiger charge is -2.48. The zero-order valence-corrected chi connectivity index (χ0v) is 17.0. The van der Waals surface area contributed by atoms with E-state index in [2.05, 4.69) is 9.99 Å². The summed E-state index contributed by atoms with van der Waals surface area (Å²) < 4.78 is 16.6. The van der Waals surface area contributed by atoms with E-state index in [0.717, 1.165) is 6.21 Å². The Bertz CT molecular complexity index is 1020. The van der Waals surface area contributed by atoms with E-state index in [9.17, 15) is 25.2 Å². The van der Waals surface area contributed by atoms with Gasteiger partial charge in [0.2, 0.25) is 0 Å². The smallest absolute Gasteiger partial charge is 0.349 e. The van der Waals surface area contributed by atoms with Crippen LogP contribution in [0.15, 0.2) is 26.5 Å². The lowest BCUT2D eigenvalue weighted by Crippen LogP contribution is -2.62. The maximum absolute atomic E-state index is 12.3. The molecule has 2 aromatic rings. The number of fused-ring (bicyclic) bond motifs is 1. The van der Waals surface area contributed by atoms with Gasteiger partial charge in [0, 0.05) is 7.11 Å². The van der Waals surface area contributed by atoms with E-state index in [1.54, 1.807) is 19.9 Å². The van der Waals surface area contributed by atoms with Gasteiger partial charge in [-0.15, -0.1) is 0 Å². The number of benzene rings is 1. The normalized spacial score (nSPS) is 29.6. The lowest BCUT2D eigenvalue weighted by molar-refractivity contribution is -0.279. The summed E-state index contributed by atoms with van der Waals surface area (Å²) in [4.78, 5) is 16.8. The number of hydrogen-bond acceptors (Lipinski definition) is 10. The van der Waals surface area contributed by atoms with Crippen LogP contribution in [0.2, 0.25) is 0 Å². The molecule has 10 heteroatoms. The van der Waals surface area contributed by atoms with E-state index >= 15 is 0 Å². The highest BCUT2D eigenvalue weighted by molar-refractivity contribution is 5.94. The van der Waals surface area contributed by atoms with Crippen molar-refractivity contribution in [1.29, 1.82) is 0 Å². The van der Waals surface area contributed by atoms with E-state index in [1.165, 1.54) is 20.3 Å². The molecule has 2 heterocycles. The number of ether oxygens (including phenoxy) is 2. The fraction of sp³-hybridized carbons (Fsp3) is 0.500. The van der Waals surface area contributed by atoms with Gasteiger partial charge in [-0.25, -0.2) is 4.79 Å². The number of aliphatic hydroxyl groups is 3. The number of oxime groups is 1. The summed E-state index contributed by atoms with van der Waals surface area (Å²) in [6, 6.07) is 3.08. The molecule has 1 aliphatic rings. The molecule has 0 unspecified atom stereocenters. The fourth-order valence-electron chi connectivity index (χ4n) is 3.85. The van der Waals surface area contributed by atoms with E-state index in [1.807, 2.05) is 0 Å². The molecule has 0 amide bonds. The first-order valence-electron chi connectivity index (χ1n) is 9.23. The summed E-state index contributed by atoms with van der Waals surface area (Å²) in [5.74, 6) is -0.332. The molecule has 4 N–H and O–H groups in total. The number of aromatic hydroxyl groups is 1. The Morgan fingerprint density at radius 3 is 2.57 bits per heavy atom. The van der Waals surface area contributed by atoms with Gasteiger partial charge in [-0.05, 0) is 31.0 Å². The quantitative estimate of drug-likeness (QED) is 0.303. The average molecular weight is 423 g/mol. The molecule has 30 heavy (non-hydrogen) atoms. The summed E-state index contributed by atoms with van der Waals surface area (Å²) in [6.07, 6.45) is -3.67. The zero-order chi connectivity index (χ0) is 22.2. The molecule has 10 nitrogen and oxygen atoms in total. The maximum atomic E-state index is 12.3. The van der Waals surface area contributed by atoms with Crippen LogP contribution >= 0.6 is 0 Å². The van der Waals surface area contributed by atoms with Gasteiger partial charge in [0.05, 0.1) is 18.2 Å². The van der Waals surface area contributed by atoms with E-state index in [4.69, 9.17) is 13.9 Å². The van der Waals surface area contributed by atoms with Gasteiger partial charge < -0.3 is 39.2 Å². The number of hydrogen-bond donors (Lipinski definition) is 4. The van der Waals surface area contributed by atoms with Crippen molar-refractivity contribution in [1.82, 2.24) is 0 Å². The van der Waals surface area contributed by atoms with E-state index < -0.39 is 42.2 Å². The lowest BCUT2D eigenvalue weighted by atomic mass is 9.83. The third-order valence-electron chi connectivity index (χ3n) is 5.50. The summed E-state index contributed by atoms with van der Waals surface area (Å²) >= 11 is 0.